The molecule has 0 aromatic carbocycles. The molecule has 0 aliphatic rings. The van der Waals surface area contributed by atoms with Crippen molar-refractivity contribution in [3.05, 3.63) is 0 Å². The van der Waals surface area contributed by atoms with Gasteiger partial charge in [-0.1, -0.05) is 0 Å². The fraction of sp³-hybridized carbons (Fsp3) is 1.00. The Morgan fingerprint density at radius 3 is 1.60 bits per heavy atom. The summed E-state index contributed by atoms with van der Waals surface area (Å²) in [6.45, 7) is 0. The van der Waals surface area contributed by atoms with Gasteiger partial charge in [-0.25, -0.2) is 0 Å². The van der Waals surface area contributed by atoms with Crippen LogP contribution >= 0.6 is 11.8 Å². The topological polar surface area (TPSA) is 27.7 Å². The number of hydrogen-bond acceptors (Lipinski definition) is 4. The summed E-state index contributed by atoms with van der Waals surface area (Å²) in [6.07, 6.45) is 2.00. The Balaban J connectivity index is 3.87. The molecule has 0 bridgehead atoms. The maximum Gasteiger partial charge on any atom is 0.510 e. The second kappa shape index (κ2) is 5.14. The van der Waals surface area contributed by atoms with Gasteiger partial charge in [0.15, 0.2) is 0 Å². The molecule has 0 aliphatic heterocycles. The molecule has 0 radical (unpaired) electrons. The van der Waals surface area contributed by atoms with Gasteiger partial charge in [0.05, 0.1) is 5.38 Å². The molecule has 0 N–H and O–H groups in total. The van der Waals surface area contributed by atoms with Gasteiger partial charge in [0.2, 0.25) is 0 Å². The van der Waals surface area contributed by atoms with Crippen LogP contribution in [0.5, 0.6) is 0 Å². The molecule has 0 spiro atoms. The van der Waals surface area contributed by atoms with E-state index in [1.165, 1.54) is 0 Å². The quantitative estimate of drug-likeness (QED) is 0.587. The van der Waals surface area contributed by atoms with Crippen molar-refractivity contribution in [3.8, 4) is 0 Å². The van der Waals surface area contributed by atoms with Crippen LogP contribution in [-0.4, -0.2) is 41.8 Å². The van der Waals surface area contributed by atoms with E-state index in [4.69, 9.17) is 13.3 Å². The minimum absolute atomic E-state index is 0.802. The molecule has 3 nitrogen and oxygen atoms in total. The zero-order valence-electron chi connectivity index (χ0n) is 6.84. The molecule has 0 saturated carbocycles. The molecule has 10 heavy (non-hydrogen) atoms. The summed E-state index contributed by atoms with van der Waals surface area (Å²) in [5, 5.41) is 0.802. The minimum atomic E-state index is -2.25. The molecule has 5 heteroatoms. The molecular formula is C5H14O3SSi. The summed E-state index contributed by atoms with van der Waals surface area (Å²) in [7, 11) is 2.61. The summed E-state index contributed by atoms with van der Waals surface area (Å²) in [6, 6.07) is 0. The fourth-order valence-electron chi connectivity index (χ4n) is 0.604. The predicted octanol–water partition coefficient (Wildman–Crippen LogP) is 0.767. The highest BCUT2D eigenvalue weighted by Crippen LogP contribution is 2.11. The molecule has 62 valence electrons. The smallest absolute Gasteiger partial charge is 0.376 e. The van der Waals surface area contributed by atoms with Crippen LogP contribution in [0, 0.1) is 0 Å². The van der Waals surface area contributed by atoms with E-state index in [1.54, 1.807) is 33.1 Å². The molecule has 0 rings (SSSR count). The van der Waals surface area contributed by atoms with E-state index in [2.05, 4.69) is 0 Å². The van der Waals surface area contributed by atoms with Gasteiger partial charge in [-0.05, 0) is 6.26 Å². The standard InChI is InChI=1S/C5H14O3SSi/c1-6-10(7-2,8-3)5-9-4/h5H2,1-4H3. The van der Waals surface area contributed by atoms with Gasteiger partial charge in [-0.2, -0.15) is 11.8 Å². The Kier molecular flexibility index (Phi) is 5.37. The Bertz CT molecular complexity index is 78.7. The van der Waals surface area contributed by atoms with Crippen molar-refractivity contribution < 1.29 is 13.3 Å². The molecule has 0 aliphatic carbocycles. The van der Waals surface area contributed by atoms with Gasteiger partial charge in [0, 0.05) is 21.3 Å². The van der Waals surface area contributed by atoms with E-state index in [0.29, 0.717) is 0 Å². The van der Waals surface area contributed by atoms with Gasteiger partial charge in [0.1, 0.15) is 0 Å². The Morgan fingerprint density at radius 2 is 1.50 bits per heavy atom. The number of thioether (sulfide) groups is 1. The van der Waals surface area contributed by atoms with Crippen molar-refractivity contribution in [1.29, 1.82) is 0 Å². The lowest BCUT2D eigenvalue weighted by atomic mass is 11.8. The van der Waals surface area contributed by atoms with Gasteiger partial charge in [-0.3, -0.25) is 0 Å². The van der Waals surface area contributed by atoms with Crippen LogP contribution in [0.4, 0.5) is 0 Å². The molecule has 0 heterocycles. The largest absolute Gasteiger partial charge is 0.510 e. The van der Waals surface area contributed by atoms with Crippen LogP contribution in [0.15, 0.2) is 0 Å². The number of hydrogen-bond donors (Lipinski definition) is 0. The average Bonchev–Trinajstić information content (AvgIpc) is 2.01. The van der Waals surface area contributed by atoms with Crippen LogP contribution in [0.1, 0.15) is 0 Å². The maximum atomic E-state index is 5.15. The van der Waals surface area contributed by atoms with E-state index in [-0.39, 0.29) is 0 Å². The van der Waals surface area contributed by atoms with E-state index in [0.717, 1.165) is 5.38 Å². The molecule has 0 unspecified atom stereocenters. The molecule has 0 atom stereocenters. The van der Waals surface area contributed by atoms with Crippen LogP contribution < -0.4 is 0 Å². The zero-order valence-corrected chi connectivity index (χ0v) is 8.66. The highest BCUT2D eigenvalue weighted by molar-refractivity contribution is 8.00. The highest BCUT2D eigenvalue weighted by atomic mass is 32.2. The summed E-state index contributed by atoms with van der Waals surface area (Å²) in [4.78, 5) is 0. The van der Waals surface area contributed by atoms with Gasteiger partial charge < -0.3 is 13.3 Å². The van der Waals surface area contributed by atoms with Crippen molar-refractivity contribution in [1.82, 2.24) is 0 Å². The van der Waals surface area contributed by atoms with Crippen molar-refractivity contribution in [2.24, 2.45) is 0 Å². The molecule has 0 saturated heterocycles. The highest BCUT2D eigenvalue weighted by Gasteiger charge is 2.36. The summed E-state index contributed by atoms with van der Waals surface area (Å²) in [5.74, 6) is 0. The molecule has 0 amide bonds. The Hall–Kier alpha value is 0.447. The van der Waals surface area contributed by atoms with E-state index in [9.17, 15) is 0 Å². The van der Waals surface area contributed by atoms with Crippen LogP contribution in [-0.2, 0) is 13.3 Å². The van der Waals surface area contributed by atoms with Crippen molar-refractivity contribution in [2.75, 3.05) is 33.0 Å². The summed E-state index contributed by atoms with van der Waals surface area (Å²) >= 11 is 1.67. The number of rotatable bonds is 5. The average molecular weight is 182 g/mol. The molecule has 0 aromatic rings. The van der Waals surface area contributed by atoms with Crippen molar-refractivity contribution in [2.45, 2.75) is 0 Å². The van der Waals surface area contributed by atoms with Gasteiger partial charge in [-0.15, -0.1) is 0 Å². The lowest BCUT2D eigenvalue weighted by Crippen LogP contribution is -2.46. The maximum absolute atomic E-state index is 5.15. The van der Waals surface area contributed by atoms with E-state index < -0.39 is 8.80 Å². The SMILES string of the molecule is CO[Si](CSC)(OC)OC. The minimum Gasteiger partial charge on any atom is -0.376 e. The van der Waals surface area contributed by atoms with Gasteiger partial charge >= 0.3 is 8.80 Å². The van der Waals surface area contributed by atoms with Crippen LogP contribution in [0.2, 0.25) is 0 Å². The third-order valence-electron chi connectivity index (χ3n) is 1.25. The molecule has 0 fully saturated rings. The Morgan fingerprint density at radius 1 is 1.10 bits per heavy atom. The monoisotopic (exact) mass is 182 g/mol. The van der Waals surface area contributed by atoms with Crippen molar-refractivity contribution >= 4 is 20.6 Å². The first kappa shape index (κ1) is 10.4. The predicted molar refractivity (Wildman–Crippen MR) is 45.2 cm³/mol. The van der Waals surface area contributed by atoms with E-state index in [1.807, 2.05) is 6.26 Å². The lowest BCUT2D eigenvalue weighted by Gasteiger charge is -2.22. The zero-order chi connectivity index (χ0) is 8.04. The van der Waals surface area contributed by atoms with Crippen molar-refractivity contribution in [3.63, 3.8) is 0 Å². The Labute approximate surface area is 67.4 Å². The normalized spacial score (nSPS) is 12.0. The van der Waals surface area contributed by atoms with Crippen LogP contribution in [0.25, 0.3) is 0 Å². The summed E-state index contributed by atoms with van der Waals surface area (Å²) < 4.78 is 15.5. The van der Waals surface area contributed by atoms with Gasteiger partial charge in [0.25, 0.3) is 0 Å². The summed E-state index contributed by atoms with van der Waals surface area (Å²) in [5.41, 5.74) is 0. The second-order valence-electron chi connectivity index (χ2n) is 1.73. The van der Waals surface area contributed by atoms with Crippen LogP contribution in [0.3, 0.4) is 0 Å². The third-order valence-corrected chi connectivity index (χ3v) is 5.69. The van der Waals surface area contributed by atoms with E-state index >= 15 is 0 Å². The molecule has 0 aromatic heterocycles. The molecular weight excluding hydrogens is 168 g/mol. The fourth-order valence-corrected chi connectivity index (χ4v) is 3.93. The first-order valence-corrected chi connectivity index (χ1v) is 6.21. The first-order chi connectivity index (χ1) is 4.74. The second-order valence-corrected chi connectivity index (χ2v) is 6.05. The lowest BCUT2D eigenvalue weighted by molar-refractivity contribution is 0.130. The first-order valence-electron chi connectivity index (χ1n) is 2.89. The third kappa shape index (κ3) is 2.59.